The summed E-state index contributed by atoms with van der Waals surface area (Å²) in [4.78, 5) is 17.4. The Balaban J connectivity index is 1.29. The predicted molar refractivity (Wildman–Crippen MR) is 100.0 cm³/mol. The Bertz CT molecular complexity index is 817. The van der Waals surface area contributed by atoms with E-state index < -0.39 is 0 Å². The number of hydrogen-bond acceptors (Lipinski definition) is 4. The lowest BCUT2D eigenvalue weighted by Gasteiger charge is -2.60. The molecule has 0 aliphatic heterocycles. The van der Waals surface area contributed by atoms with Crippen LogP contribution in [0, 0.1) is 17.3 Å². The quantitative estimate of drug-likeness (QED) is 0.771. The highest BCUT2D eigenvalue weighted by Gasteiger charge is 2.61. The van der Waals surface area contributed by atoms with E-state index in [4.69, 9.17) is 11.6 Å². The zero-order chi connectivity index (χ0) is 18.5. The van der Waals surface area contributed by atoms with Crippen LogP contribution in [0.4, 0.5) is 0 Å². The molecular formula is C19H25ClN6O. The van der Waals surface area contributed by atoms with Gasteiger partial charge in [0.2, 0.25) is 11.2 Å². The van der Waals surface area contributed by atoms with Gasteiger partial charge < -0.3 is 5.32 Å². The summed E-state index contributed by atoms with van der Waals surface area (Å²) in [5, 5.41) is 12.2. The molecule has 2 aromatic heterocycles. The van der Waals surface area contributed by atoms with Crippen LogP contribution in [-0.4, -0.2) is 37.0 Å². The van der Waals surface area contributed by atoms with Crippen molar-refractivity contribution in [1.29, 1.82) is 0 Å². The zero-order valence-electron chi connectivity index (χ0n) is 15.4. The summed E-state index contributed by atoms with van der Waals surface area (Å²) in [6.45, 7) is 1.52. The monoisotopic (exact) mass is 388 g/mol. The predicted octanol–water partition coefficient (Wildman–Crippen LogP) is 2.63. The second-order valence-electron chi connectivity index (χ2n) is 8.80. The summed E-state index contributed by atoms with van der Waals surface area (Å²) < 4.78 is 3.87. The van der Waals surface area contributed by atoms with Gasteiger partial charge in [-0.15, -0.1) is 5.10 Å². The van der Waals surface area contributed by atoms with E-state index in [9.17, 15) is 4.79 Å². The Morgan fingerprint density at radius 1 is 1.30 bits per heavy atom. The Morgan fingerprint density at radius 3 is 2.78 bits per heavy atom. The molecular weight excluding hydrogens is 364 g/mol. The van der Waals surface area contributed by atoms with Gasteiger partial charge >= 0.3 is 0 Å². The number of rotatable bonds is 6. The minimum atomic E-state index is -0.256. The third-order valence-corrected chi connectivity index (χ3v) is 7.04. The first-order valence-electron chi connectivity index (χ1n) is 9.90. The van der Waals surface area contributed by atoms with Crippen LogP contribution in [0.1, 0.15) is 44.9 Å². The molecule has 27 heavy (non-hydrogen) atoms. The molecule has 0 saturated heterocycles. The lowest BCUT2D eigenvalue weighted by Crippen LogP contribution is -2.61. The number of nitrogens with one attached hydrogen (secondary N) is 1. The van der Waals surface area contributed by atoms with Crippen LogP contribution in [0.3, 0.4) is 0 Å². The van der Waals surface area contributed by atoms with E-state index in [1.807, 2.05) is 21.6 Å². The fourth-order valence-corrected chi connectivity index (χ4v) is 6.41. The number of hydrogen-bond donors (Lipinski definition) is 1. The highest BCUT2D eigenvalue weighted by molar-refractivity contribution is 6.28. The molecule has 2 aromatic rings. The van der Waals surface area contributed by atoms with Gasteiger partial charge in [-0.3, -0.25) is 9.48 Å². The molecule has 4 aliphatic carbocycles. The number of aryl methyl sites for hydroxylation is 1. The zero-order valence-corrected chi connectivity index (χ0v) is 16.1. The molecule has 1 N–H and O–H groups in total. The van der Waals surface area contributed by atoms with Crippen molar-refractivity contribution in [1.82, 2.24) is 29.9 Å². The molecule has 144 valence electrons. The Morgan fingerprint density at radius 2 is 2.11 bits per heavy atom. The molecule has 7 nitrogen and oxygen atoms in total. The van der Waals surface area contributed by atoms with E-state index in [1.54, 1.807) is 12.5 Å². The standard InChI is InChI=1S/C19H25ClN6O/c20-17-22-13-26(24-17)19-10-14-7-15(11-19)9-18(8-14,12-19)16(27)21-3-1-5-25-6-2-4-23-25/h2,4,6,13-15H,1,3,5,7-12H2,(H,21,27). The number of carbonyl (C=O) groups is 1. The van der Waals surface area contributed by atoms with Crippen molar-refractivity contribution in [2.45, 2.75) is 57.0 Å². The Hall–Kier alpha value is -1.89. The van der Waals surface area contributed by atoms with Crippen LogP contribution < -0.4 is 5.32 Å². The fourth-order valence-electron chi connectivity index (χ4n) is 6.28. The van der Waals surface area contributed by atoms with Crippen LogP contribution in [0.15, 0.2) is 24.8 Å². The summed E-state index contributed by atoms with van der Waals surface area (Å²) in [7, 11) is 0. The van der Waals surface area contributed by atoms with Crippen molar-refractivity contribution in [2.24, 2.45) is 17.3 Å². The molecule has 6 rings (SSSR count). The second kappa shape index (κ2) is 6.33. The summed E-state index contributed by atoms with van der Waals surface area (Å²) in [6.07, 6.45) is 12.7. The number of amides is 1. The van der Waals surface area contributed by atoms with E-state index in [2.05, 4.69) is 20.5 Å². The lowest BCUT2D eigenvalue weighted by molar-refractivity contribution is -0.156. The molecule has 0 spiro atoms. The van der Waals surface area contributed by atoms with Gasteiger partial charge in [0.15, 0.2) is 0 Å². The minimum Gasteiger partial charge on any atom is -0.356 e. The molecule has 1 amide bonds. The normalized spacial score (nSPS) is 34.1. The minimum absolute atomic E-state index is 0.0867. The van der Waals surface area contributed by atoms with E-state index in [0.717, 1.165) is 45.1 Å². The van der Waals surface area contributed by atoms with Crippen LogP contribution in [0.25, 0.3) is 0 Å². The maximum Gasteiger partial charge on any atom is 0.242 e. The SMILES string of the molecule is O=C(NCCCn1cccn1)C12CC3CC(C1)CC(n1cnc(Cl)n1)(C3)C2. The smallest absolute Gasteiger partial charge is 0.242 e. The molecule has 0 aromatic carbocycles. The van der Waals surface area contributed by atoms with Crippen molar-refractivity contribution in [3.8, 4) is 0 Å². The first-order valence-corrected chi connectivity index (χ1v) is 10.3. The molecule has 4 saturated carbocycles. The third-order valence-electron chi connectivity index (χ3n) is 6.87. The third kappa shape index (κ3) is 2.96. The maximum absolute atomic E-state index is 13.2. The molecule has 8 heteroatoms. The van der Waals surface area contributed by atoms with Crippen LogP contribution in [0.5, 0.6) is 0 Å². The summed E-state index contributed by atoms with van der Waals surface area (Å²) in [6, 6.07) is 1.92. The summed E-state index contributed by atoms with van der Waals surface area (Å²) >= 11 is 6.00. The van der Waals surface area contributed by atoms with Crippen molar-refractivity contribution >= 4 is 17.5 Å². The first kappa shape index (κ1) is 17.2. The molecule has 4 bridgehead atoms. The molecule has 2 heterocycles. The van der Waals surface area contributed by atoms with E-state index in [1.165, 1.54) is 6.42 Å². The largest absolute Gasteiger partial charge is 0.356 e. The second-order valence-corrected chi connectivity index (χ2v) is 9.14. The molecule has 0 radical (unpaired) electrons. The van der Waals surface area contributed by atoms with E-state index in [-0.39, 0.29) is 16.9 Å². The van der Waals surface area contributed by atoms with Gasteiger partial charge in [0.25, 0.3) is 0 Å². The van der Waals surface area contributed by atoms with Gasteiger partial charge in [-0.1, -0.05) is 0 Å². The summed E-state index contributed by atoms with van der Waals surface area (Å²) in [5.74, 6) is 1.43. The van der Waals surface area contributed by atoms with Gasteiger partial charge in [-0.2, -0.15) is 5.10 Å². The number of nitrogens with zero attached hydrogens (tertiary/aromatic N) is 5. The molecule has 4 fully saturated rings. The van der Waals surface area contributed by atoms with Crippen LogP contribution in [-0.2, 0) is 16.9 Å². The van der Waals surface area contributed by atoms with Gasteiger partial charge in [-0.05, 0) is 74.4 Å². The van der Waals surface area contributed by atoms with Crippen LogP contribution in [0.2, 0.25) is 5.28 Å². The Labute approximate surface area is 163 Å². The van der Waals surface area contributed by atoms with Gasteiger partial charge in [0.1, 0.15) is 6.33 Å². The number of halogens is 1. The average molecular weight is 389 g/mol. The van der Waals surface area contributed by atoms with Gasteiger partial charge in [-0.25, -0.2) is 9.67 Å². The van der Waals surface area contributed by atoms with Crippen molar-refractivity contribution in [3.05, 3.63) is 30.1 Å². The lowest BCUT2D eigenvalue weighted by atomic mass is 9.46. The maximum atomic E-state index is 13.2. The van der Waals surface area contributed by atoms with Crippen molar-refractivity contribution in [3.63, 3.8) is 0 Å². The van der Waals surface area contributed by atoms with E-state index >= 15 is 0 Å². The summed E-state index contributed by atoms with van der Waals surface area (Å²) in [5.41, 5.74) is -0.342. The highest BCUT2D eigenvalue weighted by atomic mass is 35.5. The Kier molecular flexibility index (Phi) is 4.04. The molecule has 2 unspecified atom stereocenters. The number of carbonyl (C=O) groups excluding carboxylic acids is 1. The first-order chi connectivity index (χ1) is 13.1. The van der Waals surface area contributed by atoms with Crippen molar-refractivity contribution in [2.75, 3.05) is 6.54 Å². The van der Waals surface area contributed by atoms with Gasteiger partial charge in [0.05, 0.1) is 11.0 Å². The highest BCUT2D eigenvalue weighted by Crippen LogP contribution is 2.64. The molecule has 4 aliphatic rings. The number of aromatic nitrogens is 5. The van der Waals surface area contributed by atoms with E-state index in [0.29, 0.717) is 23.7 Å². The average Bonchev–Trinajstić information content (AvgIpc) is 3.29. The topological polar surface area (TPSA) is 77.6 Å². The van der Waals surface area contributed by atoms with Crippen molar-refractivity contribution < 1.29 is 4.79 Å². The molecule has 2 atom stereocenters. The fraction of sp³-hybridized carbons (Fsp3) is 0.684. The van der Waals surface area contributed by atoms with Crippen LogP contribution >= 0.6 is 11.6 Å². The van der Waals surface area contributed by atoms with Gasteiger partial charge in [0, 0.05) is 25.5 Å².